The van der Waals surface area contributed by atoms with Crippen molar-refractivity contribution in [3.05, 3.63) is 0 Å². The number of Topliss-reactive ketones (excluding diaryl/α,β-unsaturated/α-hetero) is 1. The van der Waals surface area contributed by atoms with Gasteiger partial charge in [0.15, 0.2) is 0 Å². The summed E-state index contributed by atoms with van der Waals surface area (Å²) in [4.78, 5) is 23.1. The van der Waals surface area contributed by atoms with E-state index in [0.29, 0.717) is 0 Å². The molecule has 3 unspecified atom stereocenters. The average molecular weight is 214 g/mol. The first kappa shape index (κ1) is 14.1. The first-order valence-electron chi connectivity index (χ1n) is 5.64. The van der Waals surface area contributed by atoms with Crippen molar-refractivity contribution in [2.75, 3.05) is 0 Å². The van der Waals surface area contributed by atoms with E-state index in [1.165, 1.54) is 6.92 Å². The molecule has 0 saturated carbocycles. The maximum absolute atomic E-state index is 11.7. The third kappa shape index (κ3) is 4.45. The SMILES string of the molecule is CCC(C)OC(=O)C(C(C)=O)C(C)CC. The molecule has 0 heterocycles. The van der Waals surface area contributed by atoms with Gasteiger partial charge in [-0.05, 0) is 26.2 Å². The Bertz CT molecular complexity index is 223. The van der Waals surface area contributed by atoms with E-state index in [1.807, 2.05) is 27.7 Å². The van der Waals surface area contributed by atoms with Gasteiger partial charge in [0.2, 0.25) is 0 Å². The van der Waals surface area contributed by atoms with Gasteiger partial charge in [-0.2, -0.15) is 0 Å². The number of ether oxygens (including phenoxy) is 1. The molecular formula is C12H22O3. The van der Waals surface area contributed by atoms with Crippen molar-refractivity contribution >= 4 is 11.8 Å². The molecule has 3 heteroatoms. The second-order valence-corrected chi connectivity index (χ2v) is 4.13. The zero-order chi connectivity index (χ0) is 12.0. The zero-order valence-electron chi connectivity index (χ0n) is 10.4. The summed E-state index contributed by atoms with van der Waals surface area (Å²) in [6, 6.07) is 0. The quantitative estimate of drug-likeness (QED) is 0.504. The number of esters is 1. The predicted molar refractivity (Wildman–Crippen MR) is 59.5 cm³/mol. The number of rotatable bonds is 6. The summed E-state index contributed by atoms with van der Waals surface area (Å²) in [6.07, 6.45) is 1.47. The molecule has 0 rings (SSSR count). The fourth-order valence-electron chi connectivity index (χ4n) is 1.39. The monoisotopic (exact) mass is 214 g/mol. The molecular weight excluding hydrogens is 192 g/mol. The van der Waals surface area contributed by atoms with E-state index in [-0.39, 0.29) is 23.8 Å². The highest BCUT2D eigenvalue weighted by atomic mass is 16.5. The summed E-state index contributed by atoms with van der Waals surface area (Å²) < 4.78 is 5.19. The third-order valence-electron chi connectivity index (χ3n) is 2.80. The van der Waals surface area contributed by atoms with Crippen molar-refractivity contribution in [3.63, 3.8) is 0 Å². The van der Waals surface area contributed by atoms with Gasteiger partial charge < -0.3 is 4.74 Å². The van der Waals surface area contributed by atoms with Gasteiger partial charge in [-0.15, -0.1) is 0 Å². The second kappa shape index (κ2) is 6.59. The minimum absolute atomic E-state index is 0.0547. The highest BCUT2D eigenvalue weighted by Gasteiger charge is 2.30. The van der Waals surface area contributed by atoms with E-state index in [4.69, 9.17) is 4.74 Å². The third-order valence-corrected chi connectivity index (χ3v) is 2.80. The lowest BCUT2D eigenvalue weighted by molar-refractivity contribution is -0.157. The molecule has 0 N–H and O–H groups in total. The van der Waals surface area contributed by atoms with Crippen LogP contribution in [0.1, 0.15) is 47.5 Å². The van der Waals surface area contributed by atoms with Crippen molar-refractivity contribution < 1.29 is 14.3 Å². The van der Waals surface area contributed by atoms with E-state index in [9.17, 15) is 9.59 Å². The number of carbonyl (C=O) groups is 2. The van der Waals surface area contributed by atoms with Gasteiger partial charge in [0.1, 0.15) is 11.7 Å². The van der Waals surface area contributed by atoms with E-state index in [2.05, 4.69) is 0 Å². The Labute approximate surface area is 92.2 Å². The first-order chi connectivity index (χ1) is 6.93. The largest absolute Gasteiger partial charge is 0.462 e. The summed E-state index contributed by atoms with van der Waals surface area (Å²) in [6.45, 7) is 9.12. The van der Waals surface area contributed by atoms with Crippen LogP contribution < -0.4 is 0 Å². The Morgan fingerprint density at radius 3 is 2.00 bits per heavy atom. The fraction of sp³-hybridized carbons (Fsp3) is 0.833. The topological polar surface area (TPSA) is 43.4 Å². The fourth-order valence-corrected chi connectivity index (χ4v) is 1.39. The number of hydrogen-bond acceptors (Lipinski definition) is 3. The van der Waals surface area contributed by atoms with Crippen molar-refractivity contribution in [2.45, 2.75) is 53.6 Å². The van der Waals surface area contributed by atoms with Gasteiger partial charge in [-0.25, -0.2) is 0 Å². The van der Waals surface area contributed by atoms with Crippen LogP contribution in [0.3, 0.4) is 0 Å². The Balaban J connectivity index is 4.50. The van der Waals surface area contributed by atoms with Gasteiger partial charge in [0, 0.05) is 0 Å². The van der Waals surface area contributed by atoms with Crippen LogP contribution in [0.25, 0.3) is 0 Å². The molecule has 15 heavy (non-hydrogen) atoms. The van der Waals surface area contributed by atoms with Crippen LogP contribution in [0.15, 0.2) is 0 Å². The van der Waals surface area contributed by atoms with Crippen molar-refractivity contribution in [3.8, 4) is 0 Å². The van der Waals surface area contributed by atoms with Crippen LogP contribution in [0.2, 0.25) is 0 Å². The molecule has 88 valence electrons. The maximum Gasteiger partial charge on any atom is 0.316 e. The van der Waals surface area contributed by atoms with Crippen LogP contribution >= 0.6 is 0 Å². The highest BCUT2D eigenvalue weighted by Crippen LogP contribution is 2.19. The molecule has 0 aromatic carbocycles. The lowest BCUT2D eigenvalue weighted by atomic mass is 9.89. The van der Waals surface area contributed by atoms with Crippen LogP contribution in [0.5, 0.6) is 0 Å². The van der Waals surface area contributed by atoms with E-state index in [0.717, 1.165) is 12.8 Å². The number of hydrogen-bond donors (Lipinski definition) is 0. The Morgan fingerprint density at radius 1 is 1.13 bits per heavy atom. The van der Waals surface area contributed by atoms with Crippen molar-refractivity contribution in [2.24, 2.45) is 11.8 Å². The summed E-state index contributed by atoms with van der Waals surface area (Å²) in [5.41, 5.74) is 0. The minimum Gasteiger partial charge on any atom is -0.462 e. The molecule has 0 radical (unpaired) electrons. The summed E-state index contributed by atoms with van der Waals surface area (Å²) in [7, 11) is 0. The summed E-state index contributed by atoms with van der Waals surface area (Å²) >= 11 is 0. The number of carbonyl (C=O) groups excluding carboxylic acids is 2. The second-order valence-electron chi connectivity index (χ2n) is 4.13. The highest BCUT2D eigenvalue weighted by molar-refractivity contribution is 5.98. The molecule has 0 saturated heterocycles. The summed E-state index contributed by atoms with van der Waals surface area (Å²) in [5, 5.41) is 0. The normalized spacial score (nSPS) is 16.6. The Morgan fingerprint density at radius 2 is 1.67 bits per heavy atom. The van der Waals surface area contributed by atoms with Gasteiger partial charge in [-0.3, -0.25) is 9.59 Å². The Kier molecular flexibility index (Phi) is 6.21. The van der Waals surface area contributed by atoms with Gasteiger partial charge in [-0.1, -0.05) is 27.2 Å². The van der Waals surface area contributed by atoms with Crippen molar-refractivity contribution in [1.29, 1.82) is 0 Å². The maximum atomic E-state index is 11.7. The van der Waals surface area contributed by atoms with E-state index in [1.54, 1.807) is 0 Å². The van der Waals surface area contributed by atoms with Gasteiger partial charge in [0.25, 0.3) is 0 Å². The van der Waals surface area contributed by atoms with Gasteiger partial charge >= 0.3 is 5.97 Å². The smallest absolute Gasteiger partial charge is 0.316 e. The van der Waals surface area contributed by atoms with Crippen LogP contribution in [-0.4, -0.2) is 17.9 Å². The molecule has 0 aliphatic rings. The van der Waals surface area contributed by atoms with E-state index < -0.39 is 5.92 Å². The van der Waals surface area contributed by atoms with Crippen LogP contribution in [0, 0.1) is 11.8 Å². The molecule has 0 aromatic rings. The Hall–Kier alpha value is -0.860. The first-order valence-corrected chi connectivity index (χ1v) is 5.64. The van der Waals surface area contributed by atoms with Crippen LogP contribution in [-0.2, 0) is 14.3 Å². The van der Waals surface area contributed by atoms with Crippen LogP contribution in [0.4, 0.5) is 0 Å². The lowest BCUT2D eigenvalue weighted by Gasteiger charge is -2.20. The molecule has 0 amide bonds. The molecule has 0 aliphatic heterocycles. The standard InChI is InChI=1S/C12H22O3/c1-6-8(3)11(10(5)13)12(14)15-9(4)7-2/h8-9,11H,6-7H2,1-5H3. The molecule has 0 fully saturated rings. The molecule has 0 bridgehead atoms. The molecule has 3 atom stereocenters. The molecule has 0 spiro atoms. The van der Waals surface area contributed by atoms with E-state index >= 15 is 0 Å². The summed E-state index contributed by atoms with van der Waals surface area (Å²) in [5.74, 6) is -1.01. The number of ketones is 1. The van der Waals surface area contributed by atoms with Gasteiger partial charge in [0.05, 0.1) is 6.10 Å². The average Bonchev–Trinajstić information content (AvgIpc) is 2.16. The zero-order valence-corrected chi connectivity index (χ0v) is 10.4. The molecule has 3 nitrogen and oxygen atoms in total. The molecule has 0 aliphatic carbocycles. The molecule has 0 aromatic heterocycles. The van der Waals surface area contributed by atoms with Crippen molar-refractivity contribution in [1.82, 2.24) is 0 Å². The predicted octanol–water partition coefficient (Wildman–Crippen LogP) is 2.58. The minimum atomic E-state index is -0.594. The lowest BCUT2D eigenvalue weighted by Crippen LogP contribution is -2.32.